The second-order valence-corrected chi connectivity index (χ2v) is 8.88. The van der Waals surface area contributed by atoms with Crippen LogP contribution in [0.2, 0.25) is 0 Å². The molecule has 1 fully saturated rings. The van der Waals surface area contributed by atoms with Gasteiger partial charge in [-0.3, -0.25) is 4.68 Å². The Balaban J connectivity index is 1.40. The zero-order chi connectivity index (χ0) is 22.9. The average Bonchev–Trinajstić information content (AvgIpc) is 3.48. The second kappa shape index (κ2) is 7.15. The molecule has 4 aromatic rings. The highest BCUT2D eigenvalue weighted by molar-refractivity contribution is 5.86. The van der Waals surface area contributed by atoms with Gasteiger partial charge in [0.15, 0.2) is 5.82 Å². The molecule has 2 aliphatic rings. The van der Waals surface area contributed by atoms with Crippen molar-refractivity contribution in [2.75, 3.05) is 29.4 Å². The first-order chi connectivity index (χ1) is 15.9. The van der Waals surface area contributed by atoms with Crippen LogP contribution in [0, 0.1) is 17.1 Å². The molecule has 0 saturated carbocycles. The fourth-order valence-corrected chi connectivity index (χ4v) is 5.08. The lowest BCUT2D eigenvalue weighted by Gasteiger charge is -2.34. The number of pyridine rings is 1. The largest absolute Gasteiger partial charge is 0.367 e. The lowest BCUT2D eigenvalue weighted by atomic mass is 10.1. The van der Waals surface area contributed by atoms with Gasteiger partial charge in [-0.15, -0.1) is 0 Å². The van der Waals surface area contributed by atoms with E-state index in [1.54, 1.807) is 12.1 Å². The molecule has 0 unspecified atom stereocenters. The number of nitriles is 1. The van der Waals surface area contributed by atoms with Crippen molar-refractivity contribution in [2.24, 2.45) is 5.73 Å². The number of nitrogens with two attached hydrogens (primary N) is 1. The first-order valence-corrected chi connectivity index (χ1v) is 10.9. The molecular weight excluding hydrogens is 426 g/mol. The Labute approximate surface area is 188 Å². The van der Waals surface area contributed by atoms with E-state index >= 15 is 0 Å². The first kappa shape index (κ1) is 19.9. The summed E-state index contributed by atoms with van der Waals surface area (Å²) in [6.45, 7) is 4.01. The molecule has 8 nitrogen and oxygen atoms in total. The maximum atomic E-state index is 14.6. The van der Waals surface area contributed by atoms with Crippen LogP contribution in [0.1, 0.15) is 24.4 Å². The molecule has 2 N–H and O–H groups in total. The van der Waals surface area contributed by atoms with Gasteiger partial charge in [0.25, 0.3) is 0 Å². The number of hydrogen-bond acceptors (Lipinski definition) is 6. The minimum absolute atomic E-state index is 0.0432. The molecule has 168 valence electrons. The Morgan fingerprint density at radius 2 is 2.00 bits per heavy atom. The van der Waals surface area contributed by atoms with Crippen molar-refractivity contribution in [3.05, 3.63) is 53.7 Å². The molecule has 0 spiro atoms. The third-order valence-corrected chi connectivity index (χ3v) is 6.73. The Bertz CT molecular complexity index is 1420. The van der Waals surface area contributed by atoms with E-state index in [9.17, 15) is 14.0 Å². The normalized spacial score (nSPS) is 22.8. The number of hydrogen-bond donors (Lipinski definition) is 1. The SMILES string of the molecule is C[C@@H]1CN(c2ccc(C#N)n3ncc(F)c23)Cc2c3ccc(N4C[C@@H](N)[C@@H](F)C4)cc3nn21. The molecule has 5 heterocycles. The van der Waals surface area contributed by atoms with E-state index in [1.165, 1.54) is 4.52 Å². The highest BCUT2D eigenvalue weighted by Gasteiger charge is 2.31. The summed E-state index contributed by atoms with van der Waals surface area (Å²) in [6.07, 6.45) is 0.109. The van der Waals surface area contributed by atoms with E-state index in [1.807, 2.05) is 27.8 Å². The van der Waals surface area contributed by atoms with E-state index in [0.29, 0.717) is 30.8 Å². The minimum Gasteiger partial charge on any atom is -0.367 e. The summed E-state index contributed by atoms with van der Waals surface area (Å²) in [5, 5.41) is 19.2. The van der Waals surface area contributed by atoms with Crippen LogP contribution in [-0.2, 0) is 6.54 Å². The van der Waals surface area contributed by atoms with E-state index in [4.69, 9.17) is 10.8 Å². The van der Waals surface area contributed by atoms with Crippen LogP contribution in [-0.4, -0.2) is 51.2 Å². The quantitative estimate of drug-likeness (QED) is 0.507. The highest BCUT2D eigenvalue weighted by Crippen LogP contribution is 2.35. The molecular formula is C23H22F2N8. The van der Waals surface area contributed by atoms with E-state index in [0.717, 1.165) is 28.5 Å². The van der Waals surface area contributed by atoms with Crippen LogP contribution in [0.3, 0.4) is 0 Å². The molecule has 33 heavy (non-hydrogen) atoms. The van der Waals surface area contributed by atoms with Crippen LogP contribution >= 0.6 is 0 Å². The fraction of sp³-hybridized carbons (Fsp3) is 0.348. The van der Waals surface area contributed by atoms with Gasteiger partial charge in [0, 0.05) is 24.2 Å². The zero-order valence-electron chi connectivity index (χ0n) is 18.0. The van der Waals surface area contributed by atoms with Crippen molar-refractivity contribution in [2.45, 2.75) is 31.7 Å². The molecule has 10 heteroatoms. The fourth-order valence-electron chi connectivity index (χ4n) is 5.08. The Morgan fingerprint density at radius 3 is 2.76 bits per heavy atom. The lowest BCUT2D eigenvalue weighted by molar-refractivity contribution is 0.333. The van der Waals surface area contributed by atoms with Crippen molar-refractivity contribution in [1.82, 2.24) is 19.4 Å². The average molecular weight is 448 g/mol. The number of alkyl halides is 1. The number of aromatic nitrogens is 4. The van der Waals surface area contributed by atoms with Crippen LogP contribution in [0.4, 0.5) is 20.2 Å². The molecule has 0 amide bonds. The van der Waals surface area contributed by atoms with E-state index in [-0.39, 0.29) is 18.3 Å². The minimum atomic E-state index is -1.03. The number of halogens is 2. The zero-order valence-corrected chi connectivity index (χ0v) is 18.0. The molecule has 0 radical (unpaired) electrons. The van der Waals surface area contributed by atoms with Crippen molar-refractivity contribution in [3.63, 3.8) is 0 Å². The van der Waals surface area contributed by atoms with Crippen molar-refractivity contribution in [3.8, 4) is 6.07 Å². The molecule has 2 aliphatic heterocycles. The monoisotopic (exact) mass is 448 g/mol. The summed E-state index contributed by atoms with van der Waals surface area (Å²) >= 11 is 0. The van der Waals surface area contributed by atoms with Crippen molar-refractivity contribution < 1.29 is 8.78 Å². The standard InChI is InChI=1S/C23H22F2N8/c1-13-9-31(21-5-3-15(7-26)33-23(21)17(24)8-28-33)12-22-16-4-2-14(6-20(16)29-32(13)22)30-10-18(25)19(27)11-30/h2-6,8,13,18-19H,9-12,27H2,1H3/t13-,18+,19-/m1/s1. The maximum absolute atomic E-state index is 14.6. The van der Waals surface area contributed by atoms with Gasteiger partial charge < -0.3 is 15.5 Å². The highest BCUT2D eigenvalue weighted by atomic mass is 19.1. The molecule has 0 bridgehead atoms. The molecule has 3 atom stereocenters. The summed E-state index contributed by atoms with van der Waals surface area (Å²) in [7, 11) is 0. The molecule has 0 aliphatic carbocycles. The number of benzene rings is 1. The summed E-state index contributed by atoms with van der Waals surface area (Å²) in [5.74, 6) is -0.460. The lowest BCUT2D eigenvalue weighted by Crippen LogP contribution is -2.36. The van der Waals surface area contributed by atoms with Gasteiger partial charge in [-0.05, 0) is 37.3 Å². The smallest absolute Gasteiger partial charge is 0.171 e. The third kappa shape index (κ3) is 2.96. The second-order valence-electron chi connectivity index (χ2n) is 8.88. The number of fused-ring (bicyclic) bond motifs is 4. The van der Waals surface area contributed by atoms with Crippen LogP contribution < -0.4 is 15.5 Å². The molecule has 1 aromatic carbocycles. The molecule has 6 rings (SSSR count). The summed E-state index contributed by atoms with van der Waals surface area (Å²) in [4.78, 5) is 4.06. The molecule has 1 saturated heterocycles. The van der Waals surface area contributed by atoms with Gasteiger partial charge in [0.2, 0.25) is 0 Å². The van der Waals surface area contributed by atoms with Gasteiger partial charge >= 0.3 is 0 Å². The van der Waals surface area contributed by atoms with Crippen LogP contribution in [0.15, 0.2) is 36.5 Å². The van der Waals surface area contributed by atoms with Crippen molar-refractivity contribution >= 4 is 27.8 Å². The van der Waals surface area contributed by atoms with Crippen molar-refractivity contribution in [1.29, 1.82) is 5.26 Å². The van der Waals surface area contributed by atoms with Crippen LogP contribution in [0.25, 0.3) is 16.4 Å². The van der Waals surface area contributed by atoms with Gasteiger partial charge in [0.1, 0.15) is 23.5 Å². The summed E-state index contributed by atoms with van der Waals surface area (Å²) in [6, 6.07) is 11.1. The summed E-state index contributed by atoms with van der Waals surface area (Å²) < 4.78 is 31.9. The Morgan fingerprint density at radius 1 is 1.15 bits per heavy atom. The van der Waals surface area contributed by atoms with E-state index < -0.39 is 18.0 Å². The van der Waals surface area contributed by atoms with Gasteiger partial charge in [-0.1, -0.05) is 0 Å². The predicted octanol–water partition coefficient (Wildman–Crippen LogP) is 2.76. The maximum Gasteiger partial charge on any atom is 0.171 e. The first-order valence-electron chi connectivity index (χ1n) is 10.9. The van der Waals surface area contributed by atoms with Gasteiger partial charge in [-0.25, -0.2) is 13.3 Å². The van der Waals surface area contributed by atoms with E-state index in [2.05, 4.69) is 23.0 Å². The summed E-state index contributed by atoms with van der Waals surface area (Å²) in [5.41, 5.74) is 9.90. The third-order valence-electron chi connectivity index (χ3n) is 6.73. The van der Waals surface area contributed by atoms with Crippen LogP contribution in [0.5, 0.6) is 0 Å². The number of anilines is 2. The predicted molar refractivity (Wildman–Crippen MR) is 120 cm³/mol. The Hall–Kier alpha value is -3.71. The topological polar surface area (TPSA) is 91.4 Å². The number of nitrogens with zero attached hydrogens (tertiary/aromatic N) is 7. The number of rotatable bonds is 2. The van der Waals surface area contributed by atoms with Gasteiger partial charge in [-0.2, -0.15) is 15.5 Å². The molecule has 3 aromatic heterocycles. The Kier molecular flexibility index (Phi) is 4.32. The van der Waals surface area contributed by atoms with Gasteiger partial charge in [0.05, 0.1) is 48.3 Å².